The summed E-state index contributed by atoms with van der Waals surface area (Å²) in [5.41, 5.74) is 2.59. The van der Waals surface area contributed by atoms with Crippen molar-refractivity contribution in [2.24, 2.45) is 5.92 Å². The number of phenolic OH excluding ortho intramolecular Hbond substituents is 1. The fraction of sp³-hybridized carbons (Fsp3) is 0.368. The second-order valence-electron chi connectivity index (χ2n) is 6.44. The Morgan fingerprint density at radius 2 is 2.04 bits per heavy atom. The van der Waals surface area contributed by atoms with E-state index >= 15 is 0 Å². The molecule has 24 heavy (non-hydrogen) atoms. The van der Waals surface area contributed by atoms with Gasteiger partial charge in [0.15, 0.2) is 0 Å². The summed E-state index contributed by atoms with van der Waals surface area (Å²) in [6.07, 6.45) is 1.82. The molecule has 4 nitrogen and oxygen atoms in total. The number of aromatic nitrogens is 2. The van der Waals surface area contributed by atoms with E-state index in [1.54, 1.807) is 11.3 Å². The predicted octanol–water partition coefficient (Wildman–Crippen LogP) is 5.24. The molecule has 5 heteroatoms. The molecule has 3 aromatic rings. The third-order valence-corrected chi connectivity index (χ3v) is 5.02. The first-order valence-electron chi connectivity index (χ1n) is 8.23. The Balaban J connectivity index is 1.91. The van der Waals surface area contributed by atoms with Crippen LogP contribution in [0.25, 0.3) is 22.2 Å². The van der Waals surface area contributed by atoms with E-state index in [4.69, 9.17) is 4.52 Å². The minimum atomic E-state index is 0.349. The molecule has 2 heterocycles. The summed E-state index contributed by atoms with van der Waals surface area (Å²) in [5.74, 6) is 2.08. The van der Waals surface area contributed by atoms with Gasteiger partial charge in [0.05, 0.1) is 4.88 Å². The normalized spacial score (nSPS) is 11.4. The van der Waals surface area contributed by atoms with E-state index in [1.807, 2.05) is 32.0 Å². The average Bonchev–Trinajstić information content (AvgIpc) is 3.18. The lowest BCUT2D eigenvalue weighted by molar-refractivity contribution is 0.433. The molecular formula is C19H22N2O2S. The van der Waals surface area contributed by atoms with Gasteiger partial charge in [-0.1, -0.05) is 25.9 Å². The van der Waals surface area contributed by atoms with Crippen LogP contribution >= 0.6 is 11.3 Å². The molecule has 0 unspecified atom stereocenters. The van der Waals surface area contributed by atoms with Gasteiger partial charge in [-0.15, -0.1) is 11.3 Å². The largest absolute Gasteiger partial charge is 0.507 e. The van der Waals surface area contributed by atoms with Crippen LogP contribution in [0.5, 0.6) is 5.75 Å². The fourth-order valence-electron chi connectivity index (χ4n) is 2.70. The maximum atomic E-state index is 10.1. The molecular weight excluding hydrogens is 320 g/mol. The van der Waals surface area contributed by atoms with E-state index in [0.717, 1.165) is 34.4 Å². The van der Waals surface area contributed by atoms with E-state index in [2.05, 4.69) is 30.1 Å². The van der Waals surface area contributed by atoms with Gasteiger partial charge in [-0.2, -0.15) is 4.98 Å². The molecule has 0 saturated carbocycles. The Bertz CT molecular complexity index is 849. The van der Waals surface area contributed by atoms with E-state index in [9.17, 15) is 5.11 Å². The zero-order valence-corrected chi connectivity index (χ0v) is 15.3. The Hall–Kier alpha value is -2.14. The van der Waals surface area contributed by atoms with Crippen molar-refractivity contribution in [3.8, 4) is 27.9 Å². The summed E-state index contributed by atoms with van der Waals surface area (Å²) in [6.45, 7) is 8.32. The number of aromatic hydroxyl groups is 1. The third kappa shape index (κ3) is 3.36. The maximum absolute atomic E-state index is 10.1. The van der Waals surface area contributed by atoms with Crippen molar-refractivity contribution in [1.82, 2.24) is 10.1 Å². The first kappa shape index (κ1) is 16.7. The molecule has 3 rings (SSSR count). The Kier molecular flexibility index (Phi) is 4.71. The van der Waals surface area contributed by atoms with Crippen LogP contribution in [0.3, 0.4) is 0 Å². The molecule has 0 aliphatic heterocycles. The van der Waals surface area contributed by atoms with Crippen LogP contribution in [-0.4, -0.2) is 15.2 Å². The van der Waals surface area contributed by atoms with Gasteiger partial charge in [-0.05, 0) is 61.1 Å². The quantitative estimate of drug-likeness (QED) is 0.689. The maximum Gasteiger partial charge on any atom is 0.268 e. The van der Waals surface area contributed by atoms with Crippen LogP contribution in [0.15, 0.2) is 28.8 Å². The van der Waals surface area contributed by atoms with Crippen molar-refractivity contribution < 1.29 is 9.63 Å². The molecule has 0 amide bonds. The molecule has 0 aliphatic carbocycles. The van der Waals surface area contributed by atoms with Gasteiger partial charge in [-0.3, -0.25) is 0 Å². The predicted molar refractivity (Wildman–Crippen MR) is 97.4 cm³/mol. The summed E-state index contributed by atoms with van der Waals surface area (Å²) in [6, 6.07) is 7.99. The van der Waals surface area contributed by atoms with Crippen LogP contribution in [0.2, 0.25) is 0 Å². The van der Waals surface area contributed by atoms with Crippen LogP contribution < -0.4 is 0 Å². The van der Waals surface area contributed by atoms with Crippen LogP contribution in [0.4, 0.5) is 0 Å². The first-order chi connectivity index (χ1) is 11.5. The van der Waals surface area contributed by atoms with Crippen molar-refractivity contribution in [2.45, 2.75) is 40.5 Å². The second kappa shape index (κ2) is 6.77. The highest BCUT2D eigenvalue weighted by Gasteiger charge is 2.15. The number of benzene rings is 1. The molecule has 0 aliphatic rings. The SMILES string of the molecule is CCc1cc(-c2noc(-c3ccc(CC(C)C)s3)n2)cc(C)c1O. The number of nitrogens with zero attached hydrogens (tertiary/aromatic N) is 2. The molecule has 0 fully saturated rings. The molecule has 0 bridgehead atoms. The summed E-state index contributed by atoms with van der Waals surface area (Å²) >= 11 is 1.70. The van der Waals surface area contributed by atoms with Crippen LogP contribution in [0, 0.1) is 12.8 Å². The molecule has 2 aromatic heterocycles. The number of rotatable bonds is 5. The smallest absolute Gasteiger partial charge is 0.268 e. The number of hydrogen-bond acceptors (Lipinski definition) is 5. The van der Waals surface area contributed by atoms with Crippen molar-refractivity contribution in [3.05, 3.63) is 40.3 Å². The Labute approximate surface area is 146 Å². The zero-order chi connectivity index (χ0) is 17.3. The topological polar surface area (TPSA) is 59.2 Å². The lowest BCUT2D eigenvalue weighted by atomic mass is 10.0. The number of phenols is 1. The number of aryl methyl sites for hydroxylation is 2. The van der Waals surface area contributed by atoms with Gasteiger partial charge in [-0.25, -0.2) is 0 Å². The lowest BCUT2D eigenvalue weighted by Gasteiger charge is -2.06. The van der Waals surface area contributed by atoms with Gasteiger partial charge in [0, 0.05) is 10.4 Å². The van der Waals surface area contributed by atoms with Gasteiger partial charge in [0.25, 0.3) is 5.89 Å². The minimum Gasteiger partial charge on any atom is -0.507 e. The third-order valence-electron chi connectivity index (χ3n) is 3.93. The summed E-state index contributed by atoms with van der Waals surface area (Å²) in [7, 11) is 0. The zero-order valence-electron chi connectivity index (χ0n) is 14.5. The average molecular weight is 342 g/mol. The van der Waals surface area contributed by atoms with Crippen molar-refractivity contribution in [3.63, 3.8) is 0 Å². The Morgan fingerprint density at radius 3 is 2.75 bits per heavy atom. The molecule has 0 radical (unpaired) electrons. The lowest BCUT2D eigenvalue weighted by Crippen LogP contribution is -1.89. The summed E-state index contributed by atoms with van der Waals surface area (Å²) < 4.78 is 5.45. The fourth-order valence-corrected chi connectivity index (χ4v) is 3.84. The summed E-state index contributed by atoms with van der Waals surface area (Å²) in [4.78, 5) is 6.86. The van der Waals surface area contributed by atoms with Crippen molar-refractivity contribution >= 4 is 11.3 Å². The highest BCUT2D eigenvalue weighted by atomic mass is 32.1. The molecule has 0 spiro atoms. The van der Waals surface area contributed by atoms with Crippen LogP contribution in [-0.2, 0) is 12.8 Å². The van der Waals surface area contributed by atoms with Crippen molar-refractivity contribution in [2.75, 3.05) is 0 Å². The van der Waals surface area contributed by atoms with E-state index in [0.29, 0.717) is 23.4 Å². The number of hydrogen-bond donors (Lipinski definition) is 1. The highest BCUT2D eigenvalue weighted by Crippen LogP contribution is 2.32. The monoisotopic (exact) mass is 342 g/mol. The second-order valence-corrected chi connectivity index (χ2v) is 7.61. The van der Waals surface area contributed by atoms with Gasteiger partial charge in [0.1, 0.15) is 5.75 Å². The van der Waals surface area contributed by atoms with Crippen LogP contribution in [0.1, 0.15) is 36.8 Å². The first-order valence-corrected chi connectivity index (χ1v) is 9.05. The Morgan fingerprint density at radius 1 is 1.25 bits per heavy atom. The molecule has 0 atom stereocenters. The van der Waals surface area contributed by atoms with E-state index in [-0.39, 0.29) is 0 Å². The van der Waals surface area contributed by atoms with Gasteiger partial charge >= 0.3 is 0 Å². The van der Waals surface area contributed by atoms with E-state index < -0.39 is 0 Å². The van der Waals surface area contributed by atoms with Gasteiger partial charge in [0.2, 0.25) is 5.82 Å². The number of thiophene rings is 1. The minimum absolute atomic E-state index is 0.349. The van der Waals surface area contributed by atoms with Crippen molar-refractivity contribution in [1.29, 1.82) is 0 Å². The molecule has 1 aromatic carbocycles. The standard InChI is InChI=1S/C19H22N2O2S/c1-5-13-10-14(9-12(4)17(13)22)18-20-19(23-21-18)16-7-6-15(24-16)8-11(2)3/h6-7,9-11,22H,5,8H2,1-4H3. The summed E-state index contributed by atoms with van der Waals surface area (Å²) in [5, 5.41) is 14.2. The van der Waals surface area contributed by atoms with Gasteiger partial charge < -0.3 is 9.63 Å². The molecule has 126 valence electrons. The molecule has 1 N–H and O–H groups in total. The highest BCUT2D eigenvalue weighted by molar-refractivity contribution is 7.15. The molecule has 0 saturated heterocycles. The van der Waals surface area contributed by atoms with E-state index in [1.165, 1.54) is 4.88 Å².